The fourth-order valence-electron chi connectivity index (χ4n) is 3.47. The standard InChI is InChI=1S/C18H28F3N3O2.CH4O.H2/c1-17(13-22-2,18(19,20)21)7-4-8-23-16(25)15-5-3-9-24(15)11-14-6-10-26-12-14;1-2;/h4,7,14-15H,2-3,5-6,8-13H2,1H3,(H,23,25);2H,1H3;1H/b7-4-;;/t14?,15-,17?;;/m0../s1. The first-order valence-electron chi connectivity index (χ1n) is 9.48. The Hall–Kier alpha value is -1.45. The highest BCUT2D eigenvalue weighted by molar-refractivity contribution is 5.82. The molecule has 9 heteroatoms. The summed E-state index contributed by atoms with van der Waals surface area (Å²) >= 11 is 0. The Kier molecular flexibility index (Phi) is 10.1. The molecule has 0 aromatic rings. The average Bonchev–Trinajstić information content (AvgIpc) is 3.32. The summed E-state index contributed by atoms with van der Waals surface area (Å²) in [5, 5.41) is 9.73. The predicted octanol–water partition coefficient (Wildman–Crippen LogP) is 2.28. The van der Waals surface area contributed by atoms with Crippen molar-refractivity contribution in [3.63, 3.8) is 0 Å². The number of amides is 1. The summed E-state index contributed by atoms with van der Waals surface area (Å²) in [7, 11) is 1.00. The lowest BCUT2D eigenvalue weighted by Crippen LogP contribution is -2.45. The Morgan fingerprint density at radius 1 is 1.43 bits per heavy atom. The molecular weight excluding hydrogens is 375 g/mol. The van der Waals surface area contributed by atoms with Crippen molar-refractivity contribution in [1.82, 2.24) is 10.2 Å². The molecule has 164 valence electrons. The number of hydrogen-bond donors (Lipinski definition) is 2. The van der Waals surface area contributed by atoms with Crippen molar-refractivity contribution in [2.45, 2.75) is 38.4 Å². The van der Waals surface area contributed by atoms with Crippen LogP contribution < -0.4 is 5.32 Å². The van der Waals surface area contributed by atoms with E-state index in [1.54, 1.807) is 0 Å². The number of alkyl halides is 3. The van der Waals surface area contributed by atoms with E-state index in [0.29, 0.717) is 5.92 Å². The largest absolute Gasteiger partial charge is 0.400 e. The molecule has 1 amide bonds. The summed E-state index contributed by atoms with van der Waals surface area (Å²) in [6.45, 7) is 7.07. The van der Waals surface area contributed by atoms with Gasteiger partial charge in [-0.05, 0) is 45.4 Å². The second kappa shape index (κ2) is 11.5. The zero-order valence-electron chi connectivity index (χ0n) is 16.7. The summed E-state index contributed by atoms with van der Waals surface area (Å²) in [4.78, 5) is 18.0. The van der Waals surface area contributed by atoms with E-state index in [2.05, 4.69) is 21.9 Å². The number of hydrogen-bond acceptors (Lipinski definition) is 5. The van der Waals surface area contributed by atoms with Crippen LogP contribution in [0.15, 0.2) is 17.1 Å². The minimum absolute atomic E-state index is 0. The van der Waals surface area contributed by atoms with Crippen molar-refractivity contribution in [3.8, 4) is 0 Å². The molecule has 28 heavy (non-hydrogen) atoms. The van der Waals surface area contributed by atoms with Gasteiger partial charge in [0.15, 0.2) is 0 Å². The van der Waals surface area contributed by atoms with Gasteiger partial charge in [0.05, 0.1) is 19.2 Å². The Balaban J connectivity index is 0.00000253. The number of carbonyl (C=O) groups is 1. The summed E-state index contributed by atoms with van der Waals surface area (Å²) < 4.78 is 44.8. The highest BCUT2D eigenvalue weighted by Crippen LogP contribution is 2.39. The molecule has 0 spiro atoms. The molecule has 2 aliphatic rings. The molecule has 2 fully saturated rings. The maximum atomic E-state index is 13.1. The molecule has 0 saturated carbocycles. The summed E-state index contributed by atoms with van der Waals surface area (Å²) in [6, 6.07) is -0.201. The molecule has 0 bridgehead atoms. The van der Waals surface area contributed by atoms with Crippen LogP contribution in [0.1, 0.15) is 27.6 Å². The molecule has 0 aromatic carbocycles. The quantitative estimate of drug-likeness (QED) is 0.477. The smallest absolute Gasteiger partial charge is 0.399 e. The van der Waals surface area contributed by atoms with Gasteiger partial charge in [0, 0.05) is 28.2 Å². The van der Waals surface area contributed by atoms with Crippen molar-refractivity contribution in [2.75, 3.05) is 46.5 Å². The van der Waals surface area contributed by atoms with E-state index in [-0.39, 0.29) is 19.9 Å². The zero-order chi connectivity index (χ0) is 21.2. The molecule has 0 aliphatic carbocycles. The van der Waals surface area contributed by atoms with Crippen LogP contribution in [-0.4, -0.2) is 81.4 Å². The molecular formula is C19H34F3N3O3. The van der Waals surface area contributed by atoms with E-state index in [9.17, 15) is 18.0 Å². The number of ether oxygens (including phenoxy) is 1. The van der Waals surface area contributed by atoms with Gasteiger partial charge in [-0.15, -0.1) is 0 Å². The Morgan fingerprint density at radius 2 is 2.14 bits per heavy atom. The van der Waals surface area contributed by atoms with Gasteiger partial charge in [-0.3, -0.25) is 14.7 Å². The highest BCUT2D eigenvalue weighted by Gasteiger charge is 2.48. The van der Waals surface area contributed by atoms with E-state index in [1.165, 1.54) is 6.08 Å². The van der Waals surface area contributed by atoms with E-state index in [4.69, 9.17) is 9.84 Å². The van der Waals surface area contributed by atoms with Crippen LogP contribution in [0.25, 0.3) is 0 Å². The van der Waals surface area contributed by atoms with Crippen LogP contribution in [0.4, 0.5) is 13.2 Å². The van der Waals surface area contributed by atoms with Gasteiger partial charge in [0.25, 0.3) is 0 Å². The summed E-state index contributed by atoms with van der Waals surface area (Å²) in [6.07, 6.45) is 0.745. The molecule has 0 aromatic heterocycles. The lowest BCUT2D eigenvalue weighted by atomic mass is 9.89. The molecule has 6 nitrogen and oxygen atoms in total. The number of nitrogens with one attached hydrogen (secondary N) is 1. The lowest BCUT2D eigenvalue weighted by Gasteiger charge is -2.27. The number of aliphatic hydroxyl groups is 1. The maximum Gasteiger partial charge on any atom is 0.399 e. The number of nitrogens with zero attached hydrogens (tertiary/aromatic N) is 2. The van der Waals surface area contributed by atoms with Gasteiger partial charge in [0.1, 0.15) is 5.41 Å². The topological polar surface area (TPSA) is 74.2 Å². The van der Waals surface area contributed by atoms with Crippen LogP contribution in [0.2, 0.25) is 0 Å². The third-order valence-corrected chi connectivity index (χ3v) is 5.15. The number of carbonyl (C=O) groups excluding carboxylic acids is 1. The van der Waals surface area contributed by atoms with Crippen LogP contribution in [0, 0.1) is 11.3 Å². The molecule has 0 radical (unpaired) electrons. The van der Waals surface area contributed by atoms with Crippen LogP contribution >= 0.6 is 0 Å². The maximum absolute atomic E-state index is 13.1. The first-order valence-corrected chi connectivity index (χ1v) is 9.48. The van der Waals surface area contributed by atoms with Crippen molar-refractivity contribution >= 4 is 12.6 Å². The fraction of sp³-hybridized carbons (Fsp3) is 0.789. The van der Waals surface area contributed by atoms with Crippen molar-refractivity contribution in [3.05, 3.63) is 12.2 Å². The molecule has 2 rings (SSSR count). The van der Waals surface area contributed by atoms with E-state index >= 15 is 0 Å². The van der Waals surface area contributed by atoms with Gasteiger partial charge in [-0.1, -0.05) is 12.2 Å². The van der Waals surface area contributed by atoms with Gasteiger partial charge in [-0.2, -0.15) is 13.2 Å². The van der Waals surface area contributed by atoms with Crippen LogP contribution in [-0.2, 0) is 9.53 Å². The normalized spacial score (nSPS) is 25.2. The van der Waals surface area contributed by atoms with Gasteiger partial charge in [-0.25, -0.2) is 0 Å². The Morgan fingerprint density at radius 3 is 2.71 bits per heavy atom. The summed E-state index contributed by atoms with van der Waals surface area (Å²) in [5.41, 5.74) is -2.07. The number of aliphatic hydroxyl groups excluding tert-OH is 1. The molecule has 2 unspecified atom stereocenters. The lowest BCUT2D eigenvalue weighted by molar-refractivity contribution is -0.196. The van der Waals surface area contributed by atoms with Crippen LogP contribution in [0.5, 0.6) is 0 Å². The molecule has 2 aliphatic heterocycles. The van der Waals surface area contributed by atoms with Crippen molar-refractivity contribution < 1.29 is 29.2 Å². The Labute approximate surface area is 166 Å². The number of rotatable bonds is 8. The van der Waals surface area contributed by atoms with Gasteiger partial charge >= 0.3 is 6.18 Å². The minimum Gasteiger partial charge on any atom is -0.400 e. The molecule has 3 atom stereocenters. The minimum atomic E-state index is -4.42. The third kappa shape index (κ3) is 6.86. The first-order chi connectivity index (χ1) is 13.3. The number of likely N-dealkylation sites (tertiary alicyclic amines) is 1. The van der Waals surface area contributed by atoms with E-state index < -0.39 is 18.1 Å². The number of halogens is 3. The summed E-state index contributed by atoms with van der Waals surface area (Å²) in [5.74, 6) is 0.337. The van der Waals surface area contributed by atoms with Gasteiger partial charge in [0.2, 0.25) is 5.91 Å². The second-order valence-electron chi connectivity index (χ2n) is 7.33. The highest BCUT2D eigenvalue weighted by atomic mass is 19.4. The Bertz CT molecular complexity index is 529. The number of aliphatic imine (C=N–C) groups is 1. The zero-order valence-corrected chi connectivity index (χ0v) is 16.7. The third-order valence-electron chi connectivity index (χ3n) is 5.15. The molecule has 2 heterocycles. The second-order valence-corrected chi connectivity index (χ2v) is 7.33. The fourth-order valence-corrected chi connectivity index (χ4v) is 3.47. The SMILES string of the molecule is C=NCC(C)(/C=C\CNC(=O)[C@@H]1CCCN1CC1CCOC1)C(F)(F)F.CO.[HH]. The average molecular weight is 409 g/mol. The van der Waals surface area contributed by atoms with Crippen molar-refractivity contribution in [2.24, 2.45) is 16.3 Å². The van der Waals surface area contributed by atoms with E-state index in [0.717, 1.165) is 65.7 Å². The van der Waals surface area contributed by atoms with E-state index in [1.807, 2.05) is 0 Å². The van der Waals surface area contributed by atoms with Gasteiger partial charge < -0.3 is 15.2 Å². The predicted molar refractivity (Wildman–Crippen MR) is 105 cm³/mol. The first kappa shape index (κ1) is 24.6. The monoisotopic (exact) mass is 409 g/mol. The van der Waals surface area contributed by atoms with Crippen molar-refractivity contribution in [1.29, 1.82) is 0 Å². The molecule has 2 saturated heterocycles. The van der Waals surface area contributed by atoms with Crippen LogP contribution in [0.3, 0.4) is 0 Å². The molecule has 2 N–H and O–H groups in total.